The van der Waals surface area contributed by atoms with Gasteiger partial charge in [0.05, 0.1) is 12.2 Å². The van der Waals surface area contributed by atoms with Crippen LogP contribution in [0.1, 0.15) is 75.7 Å². The molecule has 1 aromatic carbocycles. The van der Waals surface area contributed by atoms with Gasteiger partial charge in [-0.25, -0.2) is 0 Å². The Bertz CT molecular complexity index is 491. The van der Waals surface area contributed by atoms with Crippen molar-refractivity contribution in [1.82, 2.24) is 0 Å². The maximum absolute atomic E-state index is 12.9. The number of carbonyl (C=O) groups excluding carboxylic acids is 1. The molecular weight excluding hydrogens is 260 g/mol. The normalized spacial score (nSPS) is 16.8. The molecule has 1 aliphatic rings. The zero-order valence-corrected chi connectivity index (χ0v) is 13.9. The highest BCUT2D eigenvalue weighted by molar-refractivity contribution is 6.00. The van der Waals surface area contributed by atoms with E-state index >= 15 is 0 Å². The van der Waals surface area contributed by atoms with Gasteiger partial charge in [0.2, 0.25) is 0 Å². The third-order valence-corrected chi connectivity index (χ3v) is 4.39. The number of hydrogen-bond donors (Lipinski definition) is 0. The molecule has 116 valence electrons. The van der Waals surface area contributed by atoms with E-state index in [2.05, 4.69) is 32.9 Å². The van der Waals surface area contributed by atoms with Crippen LogP contribution in [0.15, 0.2) is 18.2 Å². The fourth-order valence-corrected chi connectivity index (χ4v) is 3.06. The average Bonchev–Trinajstić information content (AvgIpc) is 2.47. The van der Waals surface area contributed by atoms with Gasteiger partial charge in [0.1, 0.15) is 5.75 Å². The summed E-state index contributed by atoms with van der Waals surface area (Å²) in [5, 5.41) is 0. The molecule has 1 saturated carbocycles. The summed E-state index contributed by atoms with van der Waals surface area (Å²) in [6.07, 6.45) is 5.69. The molecule has 1 aliphatic carbocycles. The lowest BCUT2D eigenvalue weighted by atomic mass is 9.81. The van der Waals surface area contributed by atoms with Crippen molar-refractivity contribution in [3.05, 3.63) is 29.3 Å². The maximum atomic E-state index is 12.9. The summed E-state index contributed by atoms with van der Waals surface area (Å²) in [6, 6.07) is 6.12. The quantitative estimate of drug-likeness (QED) is 0.716. The number of ketones is 1. The molecule has 2 rings (SSSR count). The lowest BCUT2D eigenvalue weighted by Crippen LogP contribution is -2.20. The molecule has 0 aromatic heterocycles. The largest absolute Gasteiger partial charge is 0.493 e. The highest BCUT2D eigenvalue weighted by Crippen LogP contribution is 2.33. The molecule has 2 nitrogen and oxygen atoms in total. The van der Waals surface area contributed by atoms with Crippen LogP contribution < -0.4 is 4.74 Å². The molecule has 0 amide bonds. The van der Waals surface area contributed by atoms with Crippen LogP contribution in [0, 0.1) is 5.92 Å². The lowest BCUT2D eigenvalue weighted by Gasteiger charge is -2.24. The molecule has 1 fully saturated rings. The van der Waals surface area contributed by atoms with Crippen molar-refractivity contribution in [2.75, 3.05) is 6.61 Å². The Hall–Kier alpha value is -1.31. The van der Waals surface area contributed by atoms with Gasteiger partial charge in [0, 0.05) is 5.92 Å². The number of ether oxygens (including phenoxy) is 1. The summed E-state index contributed by atoms with van der Waals surface area (Å²) >= 11 is 0. The molecule has 1 aromatic rings. The van der Waals surface area contributed by atoms with Gasteiger partial charge in [-0.15, -0.1) is 0 Å². The second-order valence-corrected chi connectivity index (χ2v) is 7.09. The Balaban J connectivity index is 2.35. The lowest BCUT2D eigenvalue weighted by molar-refractivity contribution is 0.0885. The van der Waals surface area contributed by atoms with Crippen LogP contribution in [0.25, 0.3) is 0 Å². The van der Waals surface area contributed by atoms with Crippen LogP contribution >= 0.6 is 0 Å². The van der Waals surface area contributed by atoms with Crippen molar-refractivity contribution >= 4 is 5.78 Å². The van der Waals surface area contributed by atoms with Gasteiger partial charge < -0.3 is 4.74 Å². The predicted molar refractivity (Wildman–Crippen MR) is 87.2 cm³/mol. The van der Waals surface area contributed by atoms with Gasteiger partial charge in [-0.2, -0.15) is 0 Å². The van der Waals surface area contributed by atoms with E-state index in [0.717, 1.165) is 24.2 Å². The molecule has 0 saturated heterocycles. The number of rotatable bonds is 4. The van der Waals surface area contributed by atoms with Gasteiger partial charge in [0.25, 0.3) is 0 Å². The molecule has 0 bridgehead atoms. The summed E-state index contributed by atoms with van der Waals surface area (Å²) < 4.78 is 5.70. The van der Waals surface area contributed by atoms with Crippen molar-refractivity contribution in [2.45, 2.75) is 65.2 Å². The second kappa shape index (κ2) is 6.64. The van der Waals surface area contributed by atoms with Gasteiger partial charge in [-0.05, 0) is 42.9 Å². The first-order chi connectivity index (χ1) is 9.93. The molecule has 0 radical (unpaired) electrons. The Kier molecular flexibility index (Phi) is 5.08. The third kappa shape index (κ3) is 3.87. The number of benzene rings is 1. The van der Waals surface area contributed by atoms with E-state index in [1.54, 1.807) is 0 Å². The first-order valence-electron chi connectivity index (χ1n) is 8.25. The highest BCUT2D eigenvalue weighted by Gasteiger charge is 2.26. The fourth-order valence-electron chi connectivity index (χ4n) is 3.06. The molecule has 0 atom stereocenters. The monoisotopic (exact) mass is 288 g/mol. The predicted octanol–water partition coefficient (Wildman–Crippen LogP) is 5.15. The zero-order chi connectivity index (χ0) is 15.5. The van der Waals surface area contributed by atoms with Gasteiger partial charge in [-0.3, -0.25) is 4.79 Å². The van der Waals surface area contributed by atoms with Crippen LogP contribution in [0.5, 0.6) is 5.75 Å². The minimum atomic E-state index is 0.0480. The van der Waals surface area contributed by atoms with Gasteiger partial charge in [0.15, 0.2) is 5.78 Å². The SMILES string of the molecule is CCOc1ccc(C(C)(C)C)cc1C(=O)C1CCCCC1. The number of carbonyl (C=O) groups is 1. The first-order valence-corrected chi connectivity index (χ1v) is 8.25. The summed E-state index contributed by atoms with van der Waals surface area (Å²) in [4.78, 5) is 12.9. The molecule has 21 heavy (non-hydrogen) atoms. The third-order valence-electron chi connectivity index (χ3n) is 4.39. The summed E-state index contributed by atoms with van der Waals surface area (Å²) in [7, 11) is 0. The van der Waals surface area contributed by atoms with Crippen molar-refractivity contribution in [3.8, 4) is 5.75 Å². The van der Waals surface area contributed by atoms with E-state index < -0.39 is 0 Å². The van der Waals surface area contributed by atoms with Crippen molar-refractivity contribution < 1.29 is 9.53 Å². The highest BCUT2D eigenvalue weighted by atomic mass is 16.5. The smallest absolute Gasteiger partial charge is 0.169 e. The van der Waals surface area contributed by atoms with E-state index in [4.69, 9.17) is 4.74 Å². The van der Waals surface area contributed by atoms with Gasteiger partial charge >= 0.3 is 0 Å². The van der Waals surface area contributed by atoms with Crippen molar-refractivity contribution in [3.63, 3.8) is 0 Å². The van der Waals surface area contributed by atoms with Gasteiger partial charge in [-0.1, -0.05) is 46.1 Å². The van der Waals surface area contributed by atoms with Crippen LogP contribution in [0.3, 0.4) is 0 Å². The van der Waals surface area contributed by atoms with Crippen LogP contribution in [0.4, 0.5) is 0 Å². The van der Waals surface area contributed by atoms with Crippen molar-refractivity contribution in [1.29, 1.82) is 0 Å². The molecule has 0 aliphatic heterocycles. The number of Topliss-reactive ketones (excluding diaryl/α,β-unsaturated/α-hetero) is 1. The molecule has 2 heteroatoms. The molecule has 0 unspecified atom stereocenters. The Morgan fingerprint density at radius 2 is 1.86 bits per heavy atom. The average molecular weight is 288 g/mol. The maximum Gasteiger partial charge on any atom is 0.169 e. The zero-order valence-electron chi connectivity index (χ0n) is 13.9. The summed E-state index contributed by atoms with van der Waals surface area (Å²) in [6.45, 7) is 9.10. The first kappa shape index (κ1) is 16.1. The molecular formula is C19H28O2. The summed E-state index contributed by atoms with van der Waals surface area (Å²) in [5.41, 5.74) is 2.04. The summed E-state index contributed by atoms with van der Waals surface area (Å²) in [5.74, 6) is 1.22. The van der Waals surface area contributed by atoms with E-state index in [1.807, 2.05) is 13.0 Å². The Labute approximate surface area is 128 Å². The van der Waals surface area contributed by atoms with Crippen LogP contribution in [0.2, 0.25) is 0 Å². The minimum Gasteiger partial charge on any atom is -0.493 e. The van der Waals surface area contributed by atoms with Crippen molar-refractivity contribution in [2.24, 2.45) is 5.92 Å². The van der Waals surface area contributed by atoms with Crippen LogP contribution in [-0.2, 0) is 5.41 Å². The molecule has 0 spiro atoms. The topological polar surface area (TPSA) is 26.3 Å². The Morgan fingerprint density at radius 1 is 1.19 bits per heavy atom. The van der Waals surface area contributed by atoms with E-state index in [9.17, 15) is 4.79 Å². The van der Waals surface area contributed by atoms with Crippen LogP contribution in [-0.4, -0.2) is 12.4 Å². The second-order valence-electron chi connectivity index (χ2n) is 7.09. The fraction of sp³-hybridized carbons (Fsp3) is 0.632. The van der Waals surface area contributed by atoms with E-state index in [0.29, 0.717) is 6.61 Å². The molecule has 0 heterocycles. The van der Waals surface area contributed by atoms with E-state index in [-0.39, 0.29) is 17.1 Å². The number of hydrogen-bond acceptors (Lipinski definition) is 2. The Morgan fingerprint density at radius 3 is 2.43 bits per heavy atom. The molecule has 0 N–H and O–H groups in total. The standard InChI is InChI=1S/C19H28O2/c1-5-21-17-12-11-15(19(2,3)4)13-16(17)18(20)14-9-7-6-8-10-14/h11-14H,5-10H2,1-4H3. The van der Waals surface area contributed by atoms with E-state index in [1.165, 1.54) is 24.8 Å². The minimum absolute atomic E-state index is 0.0480.